The number of halogens is 2. The molecule has 0 saturated carbocycles. The third-order valence-electron chi connectivity index (χ3n) is 3.25. The van der Waals surface area contributed by atoms with E-state index in [1.54, 1.807) is 49.4 Å². The first-order chi connectivity index (χ1) is 12.0. The van der Waals surface area contributed by atoms with Gasteiger partial charge in [-0.05, 0) is 42.8 Å². The van der Waals surface area contributed by atoms with E-state index in [0.717, 1.165) is 5.56 Å². The van der Waals surface area contributed by atoms with Crippen LogP contribution in [0.3, 0.4) is 0 Å². The number of nitrogens with one attached hydrogen (secondary N) is 1. The monoisotopic (exact) mass is 374 g/mol. The van der Waals surface area contributed by atoms with Gasteiger partial charge in [0.25, 0.3) is 5.91 Å². The third kappa shape index (κ3) is 4.23. The average molecular weight is 375 g/mol. The number of furan rings is 1. The fraction of sp³-hybridized carbons (Fsp3) is 0.0588. The molecule has 0 unspecified atom stereocenters. The highest BCUT2D eigenvalue weighted by atomic mass is 35.5. The Balaban J connectivity index is 1.82. The van der Waals surface area contributed by atoms with Gasteiger partial charge in [-0.25, -0.2) is 4.98 Å². The molecule has 2 heterocycles. The molecule has 0 spiro atoms. The van der Waals surface area contributed by atoms with Crippen molar-refractivity contribution in [3.05, 3.63) is 69.4 Å². The summed E-state index contributed by atoms with van der Waals surface area (Å²) in [5.41, 5.74) is 1.94. The number of nitrogens with zero attached hydrogens (tertiary/aromatic N) is 3. The molecule has 0 radical (unpaired) electrons. The van der Waals surface area contributed by atoms with Crippen molar-refractivity contribution in [3.63, 3.8) is 0 Å². The molecular weight excluding hydrogens is 363 g/mol. The molecule has 25 heavy (non-hydrogen) atoms. The number of aromatic nitrogens is 3. The Labute approximate surface area is 153 Å². The SMILES string of the molecule is Cc1nnc(NC(=O)c2ccco2)nc1/C=C/c1ccc(Cl)cc1Cl. The average Bonchev–Trinajstić information content (AvgIpc) is 3.11. The second kappa shape index (κ2) is 7.46. The van der Waals surface area contributed by atoms with Crippen molar-refractivity contribution < 1.29 is 9.21 Å². The van der Waals surface area contributed by atoms with Crippen LogP contribution >= 0.6 is 23.2 Å². The van der Waals surface area contributed by atoms with Crippen molar-refractivity contribution in [2.45, 2.75) is 6.92 Å². The van der Waals surface area contributed by atoms with Crippen LogP contribution in [0, 0.1) is 6.92 Å². The molecule has 0 bridgehead atoms. The Hall–Kier alpha value is -2.70. The Morgan fingerprint density at radius 1 is 1.20 bits per heavy atom. The minimum Gasteiger partial charge on any atom is -0.459 e. The molecule has 2 aromatic heterocycles. The van der Waals surface area contributed by atoms with E-state index in [1.807, 2.05) is 0 Å². The standard InChI is InChI=1S/C17H12Cl2N4O2/c1-10-14(7-5-11-4-6-12(18)9-13(11)19)20-17(23-22-10)21-16(24)15-3-2-8-25-15/h2-9H,1H3,(H,20,21,23,24)/b7-5+. The minimum atomic E-state index is -0.452. The first kappa shape index (κ1) is 17.1. The van der Waals surface area contributed by atoms with Gasteiger partial charge in [-0.1, -0.05) is 35.3 Å². The van der Waals surface area contributed by atoms with E-state index in [4.69, 9.17) is 27.6 Å². The summed E-state index contributed by atoms with van der Waals surface area (Å²) in [6, 6.07) is 8.36. The van der Waals surface area contributed by atoms with Crippen LogP contribution in [0.5, 0.6) is 0 Å². The fourth-order valence-corrected chi connectivity index (χ4v) is 2.45. The highest BCUT2D eigenvalue weighted by Gasteiger charge is 2.11. The molecular formula is C17H12Cl2N4O2. The van der Waals surface area contributed by atoms with Crippen molar-refractivity contribution in [1.29, 1.82) is 0 Å². The van der Waals surface area contributed by atoms with E-state index in [9.17, 15) is 4.79 Å². The molecule has 0 fully saturated rings. The maximum Gasteiger partial charge on any atom is 0.293 e. The van der Waals surface area contributed by atoms with Gasteiger partial charge in [-0.2, -0.15) is 0 Å². The van der Waals surface area contributed by atoms with E-state index >= 15 is 0 Å². The van der Waals surface area contributed by atoms with Crippen LogP contribution in [0.1, 0.15) is 27.5 Å². The molecule has 1 aromatic carbocycles. The van der Waals surface area contributed by atoms with Gasteiger partial charge in [-0.15, -0.1) is 10.2 Å². The van der Waals surface area contributed by atoms with Crippen LogP contribution in [-0.2, 0) is 0 Å². The minimum absolute atomic E-state index is 0.0776. The molecule has 1 amide bonds. The third-order valence-corrected chi connectivity index (χ3v) is 3.81. The van der Waals surface area contributed by atoms with Crippen LogP contribution in [-0.4, -0.2) is 21.1 Å². The number of benzene rings is 1. The zero-order valence-electron chi connectivity index (χ0n) is 13.0. The van der Waals surface area contributed by atoms with Gasteiger partial charge in [0.1, 0.15) is 0 Å². The maximum atomic E-state index is 12.0. The zero-order chi connectivity index (χ0) is 17.8. The molecule has 3 aromatic rings. The summed E-state index contributed by atoms with van der Waals surface area (Å²) in [7, 11) is 0. The number of hydrogen-bond donors (Lipinski definition) is 1. The smallest absolute Gasteiger partial charge is 0.293 e. The van der Waals surface area contributed by atoms with Gasteiger partial charge in [-0.3, -0.25) is 10.1 Å². The topological polar surface area (TPSA) is 80.9 Å². The highest BCUT2D eigenvalue weighted by Crippen LogP contribution is 2.23. The lowest BCUT2D eigenvalue weighted by molar-refractivity contribution is 0.0995. The van der Waals surface area contributed by atoms with Crippen molar-refractivity contribution in [3.8, 4) is 0 Å². The van der Waals surface area contributed by atoms with E-state index < -0.39 is 5.91 Å². The molecule has 0 aliphatic rings. The van der Waals surface area contributed by atoms with Crippen LogP contribution < -0.4 is 5.32 Å². The predicted octanol–water partition coefficient (Wildman–Crippen LogP) is 4.50. The van der Waals surface area contributed by atoms with Gasteiger partial charge in [0.05, 0.1) is 17.7 Å². The Morgan fingerprint density at radius 2 is 2.04 bits per heavy atom. The summed E-state index contributed by atoms with van der Waals surface area (Å²) in [5, 5.41) is 11.5. The highest BCUT2D eigenvalue weighted by molar-refractivity contribution is 6.35. The number of carbonyl (C=O) groups excluding carboxylic acids is 1. The summed E-state index contributed by atoms with van der Waals surface area (Å²) in [6.45, 7) is 1.77. The normalized spacial score (nSPS) is 11.0. The van der Waals surface area contributed by atoms with Gasteiger partial charge in [0.2, 0.25) is 5.95 Å². The number of anilines is 1. The molecule has 0 aliphatic carbocycles. The van der Waals surface area contributed by atoms with Crippen LogP contribution in [0.4, 0.5) is 5.95 Å². The second-order valence-electron chi connectivity index (χ2n) is 5.04. The van der Waals surface area contributed by atoms with E-state index in [1.165, 1.54) is 6.26 Å². The Kier molecular flexibility index (Phi) is 5.11. The molecule has 1 N–H and O–H groups in total. The summed E-state index contributed by atoms with van der Waals surface area (Å²) in [6.07, 6.45) is 4.93. The predicted molar refractivity (Wildman–Crippen MR) is 96.6 cm³/mol. The molecule has 0 saturated heterocycles. The van der Waals surface area contributed by atoms with Crippen LogP contribution in [0.2, 0.25) is 10.0 Å². The number of amides is 1. The molecule has 3 rings (SSSR count). The molecule has 0 aliphatic heterocycles. The first-order valence-corrected chi connectivity index (χ1v) is 7.98. The van der Waals surface area contributed by atoms with Gasteiger partial charge in [0.15, 0.2) is 5.76 Å². The Bertz CT molecular complexity index is 940. The zero-order valence-corrected chi connectivity index (χ0v) is 14.5. The van der Waals surface area contributed by atoms with Crippen molar-refractivity contribution in [2.75, 3.05) is 5.32 Å². The quantitative estimate of drug-likeness (QED) is 0.726. The number of aryl methyl sites for hydroxylation is 1. The number of carbonyl (C=O) groups is 1. The van der Waals surface area contributed by atoms with Crippen molar-refractivity contribution in [2.24, 2.45) is 0 Å². The maximum absolute atomic E-state index is 12.0. The van der Waals surface area contributed by atoms with Gasteiger partial charge in [0, 0.05) is 10.0 Å². The lowest BCUT2D eigenvalue weighted by Gasteiger charge is -2.04. The summed E-state index contributed by atoms with van der Waals surface area (Å²) < 4.78 is 5.02. The lowest BCUT2D eigenvalue weighted by Crippen LogP contribution is -2.14. The molecule has 6 nitrogen and oxygen atoms in total. The molecule has 0 atom stereocenters. The van der Waals surface area contributed by atoms with Gasteiger partial charge < -0.3 is 4.42 Å². The number of rotatable bonds is 4. The second-order valence-corrected chi connectivity index (χ2v) is 5.88. The van der Waals surface area contributed by atoms with Gasteiger partial charge >= 0.3 is 0 Å². The fourth-order valence-electron chi connectivity index (χ4n) is 1.98. The van der Waals surface area contributed by atoms with Crippen LogP contribution in [0.25, 0.3) is 12.2 Å². The van der Waals surface area contributed by atoms with E-state index in [-0.39, 0.29) is 11.7 Å². The summed E-state index contributed by atoms with van der Waals surface area (Å²) in [5.74, 6) is -0.214. The number of hydrogen-bond acceptors (Lipinski definition) is 5. The van der Waals surface area contributed by atoms with Crippen LogP contribution in [0.15, 0.2) is 41.0 Å². The van der Waals surface area contributed by atoms with Crippen molar-refractivity contribution in [1.82, 2.24) is 15.2 Å². The first-order valence-electron chi connectivity index (χ1n) is 7.22. The summed E-state index contributed by atoms with van der Waals surface area (Å²) >= 11 is 12.0. The lowest BCUT2D eigenvalue weighted by atomic mass is 10.2. The van der Waals surface area contributed by atoms with E-state index in [0.29, 0.717) is 21.4 Å². The van der Waals surface area contributed by atoms with Crippen molar-refractivity contribution >= 4 is 47.2 Å². The molecule has 8 heteroatoms. The molecule has 126 valence electrons. The largest absolute Gasteiger partial charge is 0.459 e. The summed E-state index contributed by atoms with van der Waals surface area (Å²) in [4.78, 5) is 16.2. The Morgan fingerprint density at radius 3 is 2.76 bits per heavy atom. The van der Waals surface area contributed by atoms with E-state index in [2.05, 4.69) is 20.5 Å².